The molecule has 0 radical (unpaired) electrons. The fraction of sp³-hybridized carbons (Fsp3) is 0.350. The number of likely N-dealkylation sites (tertiary alicyclic amines) is 1. The first-order valence-corrected chi connectivity index (χ1v) is 10.7. The number of hydrogen-bond donors (Lipinski definition) is 3. The number of nitrogens with one attached hydrogen (secondary N) is 2. The molecule has 3 atom stereocenters. The second kappa shape index (κ2) is 8.44. The second-order valence-electron chi connectivity index (χ2n) is 7.44. The highest BCUT2D eigenvalue weighted by molar-refractivity contribution is 7.09. The van der Waals surface area contributed by atoms with Crippen LogP contribution >= 0.6 is 11.3 Å². The molecule has 4 rings (SSSR count). The van der Waals surface area contributed by atoms with Crippen LogP contribution in [0.15, 0.2) is 36.0 Å². The van der Waals surface area contributed by atoms with E-state index in [9.17, 15) is 14.4 Å². The largest absolute Gasteiger partial charge is 0.357 e. The lowest BCUT2D eigenvalue weighted by molar-refractivity contribution is -0.122. The monoisotopic (exact) mass is 441 g/mol. The minimum atomic E-state index is -0.685. The van der Waals surface area contributed by atoms with Crippen molar-refractivity contribution in [2.45, 2.75) is 31.5 Å². The molecule has 10 nitrogen and oxygen atoms in total. The summed E-state index contributed by atoms with van der Waals surface area (Å²) in [4.78, 5) is 47.8. The highest BCUT2D eigenvalue weighted by atomic mass is 32.1. The number of nitrogens with zero attached hydrogens (tertiary/aromatic N) is 4. The van der Waals surface area contributed by atoms with Crippen LogP contribution < -0.4 is 16.4 Å². The van der Waals surface area contributed by atoms with E-state index in [4.69, 9.17) is 5.73 Å². The predicted octanol–water partition coefficient (Wildman–Crippen LogP) is 0.570. The number of pyridine rings is 1. The molecular weight excluding hydrogens is 418 g/mol. The Morgan fingerprint density at radius 1 is 1.26 bits per heavy atom. The topological polar surface area (TPSA) is 135 Å². The zero-order valence-electron chi connectivity index (χ0n) is 17.1. The molecule has 3 aromatic heterocycles. The van der Waals surface area contributed by atoms with Crippen molar-refractivity contribution in [1.29, 1.82) is 0 Å². The molecule has 31 heavy (non-hydrogen) atoms. The Bertz CT molecular complexity index is 1110. The molecule has 4 N–H and O–H groups in total. The first-order chi connectivity index (χ1) is 14.9. The van der Waals surface area contributed by atoms with E-state index >= 15 is 0 Å². The number of carbonyl (C=O) groups is 3. The van der Waals surface area contributed by atoms with Crippen molar-refractivity contribution >= 4 is 34.7 Å². The van der Waals surface area contributed by atoms with Crippen LogP contribution in [0.2, 0.25) is 0 Å². The molecular formula is C20H23N7O3S. The van der Waals surface area contributed by atoms with Gasteiger partial charge in [-0.1, -0.05) is 6.07 Å². The van der Waals surface area contributed by atoms with E-state index in [0.717, 1.165) is 0 Å². The van der Waals surface area contributed by atoms with E-state index in [1.807, 2.05) is 24.4 Å². The van der Waals surface area contributed by atoms with Crippen LogP contribution in [0.4, 0.5) is 0 Å². The number of amides is 3. The summed E-state index contributed by atoms with van der Waals surface area (Å²) in [7, 11) is 1.50. The third kappa shape index (κ3) is 4.14. The normalized spacial score (nSPS) is 19.4. The average molecular weight is 442 g/mol. The zero-order chi connectivity index (χ0) is 22.1. The standard InChI is InChI=1S/C20H23N7O3S/c1-11(17(28)22-2)23-18(29)14-10-31-19(25-14)15-7-12(21)8-27(15)20(30)13-9-26-6-4-3-5-16(26)24-13/h3-6,9-12,15H,7-8,21H2,1-2H3,(H,22,28)(H,23,29)/t11-,12+,15-/m0/s1. The average Bonchev–Trinajstić information content (AvgIpc) is 3.49. The Kier molecular flexibility index (Phi) is 5.70. The van der Waals surface area contributed by atoms with E-state index in [-0.39, 0.29) is 29.6 Å². The van der Waals surface area contributed by atoms with E-state index < -0.39 is 11.9 Å². The molecule has 1 aliphatic rings. The summed E-state index contributed by atoms with van der Waals surface area (Å²) in [6, 6.07) is 4.34. The Morgan fingerprint density at radius 2 is 2.06 bits per heavy atom. The van der Waals surface area contributed by atoms with Crippen LogP contribution in [-0.2, 0) is 4.79 Å². The number of aromatic nitrogens is 3. The van der Waals surface area contributed by atoms with Crippen LogP contribution in [0.25, 0.3) is 5.65 Å². The Morgan fingerprint density at radius 3 is 2.81 bits per heavy atom. The molecule has 3 amide bonds. The van der Waals surface area contributed by atoms with Gasteiger partial charge in [0.15, 0.2) is 0 Å². The number of imidazole rings is 1. The summed E-state index contributed by atoms with van der Waals surface area (Å²) in [6.07, 6.45) is 4.07. The predicted molar refractivity (Wildman–Crippen MR) is 115 cm³/mol. The molecule has 0 aromatic carbocycles. The molecule has 4 heterocycles. The maximum Gasteiger partial charge on any atom is 0.274 e. The third-order valence-corrected chi connectivity index (χ3v) is 6.15. The molecule has 162 valence electrons. The van der Waals surface area contributed by atoms with Gasteiger partial charge in [-0.25, -0.2) is 9.97 Å². The molecule has 0 spiro atoms. The van der Waals surface area contributed by atoms with Crippen LogP contribution in [0.3, 0.4) is 0 Å². The lowest BCUT2D eigenvalue weighted by Crippen LogP contribution is -2.43. The Balaban J connectivity index is 1.53. The van der Waals surface area contributed by atoms with Crippen LogP contribution in [0.1, 0.15) is 45.4 Å². The minimum absolute atomic E-state index is 0.194. The number of rotatable bonds is 5. The van der Waals surface area contributed by atoms with Gasteiger partial charge < -0.3 is 25.7 Å². The lowest BCUT2D eigenvalue weighted by Gasteiger charge is -2.21. The zero-order valence-corrected chi connectivity index (χ0v) is 17.9. The lowest BCUT2D eigenvalue weighted by atomic mass is 10.2. The van der Waals surface area contributed by atoms with E-state index in [1.54, 1.807) is 27.8 Å². The maximum atomic E-state index is 13.2. The van der Waals surface area contributed by atoms with Crippen molar-refractivity contribution in [3.05, 3.63) is 52.4 Å². The summed E-state index contributed by atoms with van der Waals surface area (Å²) in [5.74, 6) is -0.968. The molecule has 1 fully saturated rings. The van der Waals surface area contributed by atoms with Gasteiger partial charge in [0.05, 0.1) is 6.04 Å². The highest BCUT2D eigenvalue weighted by Gasteiger charge is 2.38. The maximum absolute atomic E-state index is 13.2. The van der Waals surface area contributed by atoms with Crippen molar-refractivity contribution in [2.24, 2.45) is 5.73 Å². The molecule has 11 heteroatoms. The van der Waals surface area contributed by atoms with Gasteiger partial charge in [0.1, 0.15) is 28.1 Å². The van der Waals surface area contributed by atoms with E-state index in [0.29, 0.717) is 29.3 Å². The van der Waals surface area contributed by atoms with Gasteiger partial charge >= 0.3 is 0 Å². The quantitative estimate of drug-likeness (QED) is 0.530. The van der Waals surface area contributed by atoms with E-state index in [2.05, 4.69) is 20.6 Å². The first kappa shape index (κ1) is 20.9. The third-order valence-electron chi connectivity index (χ3n) is 5.20. The fourth-order valence-corrected chi connectivity index (χ4v) is 4.53. The van der Waals surface area contributed by atoms with Crippen molar-refractivity contribution < 1.29 is 14.4 Å². The second-order valence-corrected chi connectivity index (χ2v) is 8.33. The van der Waals surface area contributed by atoms with Crippen LogP contribution in [0, 0.1) is 0 Å². The summed E-state index contributed by atoms with van der Waals surface area (Å²) in [6.45, 7) is 1.97. The van der Waals surface area contributed by atoms with Crippen molar-refractivity contribution in [2.75, 3.05) is 13.6 Å². The SMILES string of the molecule is CNC(=O)[C@H](C)NC(=O)c1csc([C@@H]2C[C@@H](N)CN2C(=O)c2cn3ccccc3n2)n1. The molecule has 0 unspecified atom stereocenters. The van der Waals surface area contributed by atoms with E-state index in [1.165, 1.54) is 18.4 Å². The summed E-state index contributed by atoms with van der Waals surface area (Å²) < 4.78 is 1.79. The number of thiazole rings is 1. The van der Waals surface area contributed by atoms with Crippen molar-refractivity contribution in [3.63, 3.8) is 0 Å². The summed E-state index contributed by atoms with van der Waals surface area (Å²) >= 11 is 1.29. The van der Waals surface area contributed by atoms with Gasteiger partial charge in [-0.3, -0.25) is 14.4 Å². The summed E-state index contributed by atoms with van der Waals surface area (Å²) in [5, 5.41) is 7.34. The number of carbonyl (C=O) groups excluding carboxylic acids is 3. The molecule has 0 bridgehead atoms. The van der Waals surface area contributed by atoms with Crippen LogP contribution in [-0.4, -0.2) is 62.7 Å². The summed E-state index contributed by atoms with van der Waals surface area (Å²) in [5.41, 5.74) is 7.38. The van der Waals surface area contributed by atoms with Crippen LogP contribution in [0.5, 0.6) is 0 Å². The van der Waals surface area contributed by atoms with Gasteiger partial charge in [-0.15, -0.1) is 11.3 Å². The van der Waals surface area contributed by atoms with Crippen molar-refractivity contribution in [3.8, 4) is 0 Å². The smallest absolute Gasteiger partial charge is 0.274 e. The number of hydrogen-bond acceptors (Lipinski definition) is 7. The Labute approximate surface area is 182 Å². The van der Waals surface area contributed by atoms with Gasteiger partial charge in [0.2, 0.25) is 5.91 Å². The van der Waals surface area contributed by atoms with Crippen molar-refractivity contribution in [1.82, 2.24) is 29.9 Å². The molecule has 0 saturated carbocycles. The molecule has 1 saturated heterocycles. The first-order valence-electron chi connectivity index (χ1n) is 9.85. The molecule has 0 aliphatic carbocycles. The minimum Gasteiger partial charge on any atom is -0.357 e. The number of fused-ring (bicyclic) bond motifs is 1. The van der Waals surface area contributed by atoms with Gasteiger partial charge in [0.25, 0.3) is 11.8 Å². The van der Waals surface area contributed by atoms with Gasteiger partial charge in [-0.05, 0) is 25.5 Å². The molecule has 3 aromatic rings. The number of nitrogens with two attached hydrogens (primary N) is 1. The highest BCUT2D eigenvalue weighted by Crippen LogP contribution is 2.34. The fourth-order valence-electron chi connectivity index (χ4n) is 3.61. The van der Waals surface area contributed by atoms with Gasteiger partial charge in [-0.2, -0.15) is 0 Å². The number of likely N-dealkylation sites (N-methyl/N-ethyl adjacent to an activating group) is 1. The molecule has 1 aliphatic heterocycles. The van der Waals surface area contributed by atoms with Gasteiger partial charge in [0, 0.05) is 37.4 Å². The Hall–Kier alpha value is -3.31.